The molecule has 3 rings (SSSR count). The molecule has 0 spiro atoms. The quantitative estimate of drug-likeness (QED) is 0.847. The van der Waals surface area contributed by atoms with Crippen LogP contribution in [0.5, 0.6) is 5.75 Å². The number of aromatic hydroxyl groups is 1. The largest absolute Gasteiger partial charge is 0.506 e. The molecule has 108 valence electrons. The van der Waals surface area contributed by atoms with Gasteiger partial charge in [0.05, 0.1) is 12.1 Å². The summed E-state index contributed by atoms with van der Waals surface area (Å²) in [5, 5.41) is 12.6. The maximum Gasteiger partial charge on any atom is 0.228 e. The van der Waals surface area contributed by atoms with Crippen LogP contribution in [0.1, 0.15) is 28.7 Å². The third-order valence-corrected chi connectivity index (χ3v) is 3.95. The number of hydrogen-bond acceptors (Lipinski definition) is 2. The maximum absolute atomic E-state index is 12.1. The van der Waals surface area contributed by atoms with Crippen molar-refractivity contribution in [3.8, 4) is 5.75 Å². The minimum absolute atomic E-state index is 0.105. The summed E-state index contributed by atoms with van der Waals surface area (Å²) in [6.07, 6.45) is 3.81. The second kappa shape index (κ2) is 5.60. The number of carbonyl (C=O) groups is 1. The Balaban J connectivity index is 1.69. The molecule has 2 aromatic rings. The van der Waals surface area contributed by atoms with Gasteiger partial charge in [0.1, 0.15) is 5.75 Å². The van der Waals surface area contributed by atoms with Gasteiger partial charge in [-0.15, -0.1) is 0 Å². The molecular formula is C18H19NO2. The Morgan fingerprint density at radius 3 is 2.76 bits per heavy atom. The SMILES string of the molecule is Cc1ccc(NC(=O)Cc2ccc3c(c2)CCC3)c(O)c1. The highest BCUT2D eigenvalue weighted by Crippen LogP contribution is 2.25. The van der Waals surface area contributed by atoms with Crippen LogP contribution in [0, 0.1) is 6.92 Å². The van der Waals surface area contributed by atoms with E-state index in [-0.39, 0.29) is 11.7 Å². The van der Waals surface area contributed by atoms with Crippen molar-refractivity contribution in [1.82, 2.24) is 0 Å². The normalized spacial score (nSPS) is 13.0. The molecule has 0 radical (unpaired) electrons. The molecule has 21 heavy (non-hydrogen) atoms. The smallest absolute Gasteiger partial charge is 0.228 e. The molecule has 0 fully saturated rings. The third-order valence-electron chi connectivity index (χ3n) is 3.95. The van der Waals surface area contributed by atoms with Crippen LogP contribution in [-0.4, -0.2) is 11.0 Å². The zero-order valence-electron chi connectivity index (χ0n) is 12.1. The van der Waals surface area contributed by atoms with Gasteiger partial charge in [-0.05, 0) is 60.6 Å². The van der Waals surface area contributed by atoms with Gasteiger partial charge in [-0.3, -0.25) is 4.79 Å². The lowest BCUT2D eigenvalue weighted by atomic mass is 10.0. The van der Waals surface area contributed by atoms with Crippen molar-refractivity contribution < 1.29 is 9.90 Å². The number of fused-ring (bicyclic) bond motifs is 1. The fraction of sp³-hybridized carbons (Fsp3) is 0.278. The van der Waals surface area contributed by atoms with E-state index in [1.54, 1.807) is 12.1 Å². The standard InChI is InChI=1S/C18H19NO2/c1-12-5-8-16(17(20)9-12)19-18(21)11-13-6-7-14-3-2-4-15(14)10-13/h5-10,20H,2-4,11H2,1H3,(H,19,21). The van der Waals surface area contributed by atoms with Crippen molar-refractivity contribution in [3.63, 3.8) is 0 Å². The van der Waals surface area contributed by atoms with E-state index >= 15 is 0 Å². The molecule has 0 saturated carbocycles. The molecule has 0 unspecified atom stereocenters. The van der Waals surface area contributed by atoms with E-state index in [4.69, 9.17) is 0 Å². The summed E-state index contributed by atoms with van der Waals surface area (Å²) >= 11 is 0. The van der Waals surface area contributed by atoms with Crippen molar-refractivity contribution in [3.05, 3.63) is 58.7 Å². The number of anilines is 1. The first-order valence-corrected chi connectivity index (χ1v) is 7.32. The number of amides is 1. The highest BCUT2D eigenvalue weighted by atomic mass is 16.3. The summed E-state index contributed by atoms with van der Waals surface area (Å²) in [5.41, 5.74) is 5.24. The first-order chi connectivity index (χ1) is 10.1. The summed E-state index contributed by atoms with van der Waals surface area (Å²) < 4.78 is 0. The third kappa shape index (κ3) is 3.07. The van der Waals surface area contributed by atoms with Gasteiger partial charge in [0.2, 0.25) is 5.91 Å². The molecular weight excluding hydrogens is 262 g/mol. The molecule has 1 aliphatic carbocycles. The molecule has 2 aromatic carbocycles. The highest BCUT2D eigenvalue weighted by Gasteiger charge is 2.13. The zero-order valence-corrected chi connectivity index (χ0v) is 12.1. The Morgan fingerprint density at radius 2 is 1.95 bits per heavy atom. The molecule has 0 saturated heterocycles. The first kappa shape index (κ1) is 13.7. The predicted molar refractivity (Wildman–Crippen MR) is 83.6 cm³/mol. The van der Waals surface area contributed by atoms with Crippen LogP contribution in [0.4, 0.5) is 5.69 Å². The molecule has 0 aliphatic heterocycles. The van der Waals surface area contributed by atoms with Crippen LogP contribution < -0.4 is 5.32 Å². The van der Waals surface area contributed by atoms with Crippen LogP contribution >= 0.6 is 0 Å². The lowest BCUT2D eigenvalue weighted by Crippen LogP contribution is -2.14. The van der Waals surface area contributed by atoms with Gasteiger partial charge in [-0.1, -0.05) is 24.3 Å². The van der Waals surface area contributed by atoms with E-state index in [0.29, 0.717) is 12.1 Å². The Bertz CT molecular complexity index is 692. The number of rotatable bonds is 3. The lowest BCUT2D eigenvalue weighted by Gasteiger charge is -2.09. The number of phenolic OH excluding ortho intramolecular Hbond substituents is 1. The topological polar surface area (TPSA) is 49.3 Å². The van der Waals surface area contributed by atoms with Crippen molar-refractivity contribution >= 4 is 11.6 Å². The molecule has 3 heteroatoms. The van der Waals surface area contributed by atoms with Gasteiger partial charge in [-0.25, -0.2) is 0 Å². The number of benzene rings is 2. The average molecular weight is 281 g/mol. The van der Waals surface area contributed by atoms with Gasteiger partial charge in [0, 0.05) is 0 Å². The summed E-state index contributed by atoms with van der Waals surface area (Å²) in [4.78, 5) is 12.1. The van der Waals surface area contributed by atoms with Crippen LogP contribution in [0.3, 0.4) is 0 Å². The first-order valence-electron chi connectivity index (χ1n) is 7.32. The van der Waals surface area contributed by atoms with Gasteiger partial charge in [0.15, 0.2) is 0 Å². The highest BCUT2D eigenvalue weighted by molar-refractivity contribution is 5.93. The predicted octanol–water partition coefficient (Wildman–Crippen LogP) is 3.37. The summed E-state index contributed by atoms with van der Waals surface area (Å²) in [5.74, 6) is 0.00408. The molecule has 2 N–H and O–H groups in total. The van der Waals surface area contributed by atoms with E-state index in [1.807, 2.05) is 19.1 Å². The van der Waals surface area contributed by atoms with Crippen molar-refractivity contribution in [1.29, 1.82) is 0 Å². The summed E-state index contributed by atoms with van der Waals surface area (Å²) in [6, 6.07) is 11.5. The van der Waals surface area contributed by atoms with Gasteiger partial charge in [0.25, 0.3) is 0 Å². The number of nitrogens with one attached hydrogen (secondary N) is 1. The van der Waals surface area contributed by atoms with Crippen LogP contribution in [0.15, 0.2) is 36.4 Å². The monoisotopic (exact) mass is 281 g/mol. The van der Waals surface area contributed by atoms with E-state index in [0.717, 1.165) is 24.0 Å². The second-order valence-corrected chi connectivity index (χ2v) is 5.70. The number of aryl methyl sites for hydroxylation is 3. The molecule has 1 amide bonds. The molecule has 3 nitrogen and oxygen atoms in total. The van der Waals surface area contributed by atoms with Crippen molar-refractivity contribution in [2.45, 2.75) is 32.6 Å². The van der Waals surface area contributed by atoms with Crippen molar-refractivity contribution in [2.75, 3.05) is 5.32 Å². The summed E-state index contributed by atoms with van der Waals surface area (Å²) in [6.45, 7) is 1.90. The van der Waals surface area contributed by atoms with Gasteiger partial charge in [-0.2, -0.15) is 0 Å². The number of hydrogen-bond donors (Lipinski definition) is 2. The molecule has 0 aromatic heterocycles. The molecule has 0 heterocycles. The van der Waals surface area contributed by atoms with Gasteiger partial charge < -0.3 is 10.4 Å². The second-order valence-electron chi connectivity index (χ2n) is 5.70. The van der Waals surface area contributed by atoms with Crippen molar-refractivity contribution in [2.24, 2.45) is 0 Å². The minimum Gasteiger partial charge on any atom is -0.506 e. The Hall–Kier alpha value is -2.29. The Labute approximate surface area is 124 Å². The zero-order chi connectivity index (χ0) is 14.8. The number of phenols is 1. The average Bonchev–Trinajstić information content (AvgIpc) is 2.89. The van der Waals surface area contributed by atoms with E-state index < -0.39 is 0 Å². The van der Waals surface area contributed by atoms with E-state index in [9.17, 15) is 9.90 Å². The molecule has 0 atom stereocenters. The summed E-state index contributed by atoms with van der Waals surface area (Å²) in [7, 11) is 0. The lowest BCUT2D eigenvalue weighted by molar-refractivity contribution is -0.115. The van der Waals surface area contributed by atoms with Gasteiger partial charge >= 0.3 is 0 Å². The maximum atomic E-state index is 12.1. The molecule has 1 aliphatic rings. The molecule has 0 bridgehead atoms. The Morgan fingerprint density at radius 1 is 1.14 bits per heavy atom. The van der Waals surface area contributed by atoms with E-state index in [1.165, 1.54) is 17.5 Å². The van der Waals surface area contributed by atoms with E-state index in [2.05, 4.69) is 17.4 Å². The van der Waals surface area contributed by atoms with Crippen LogP contribution in [0.2, 0.25) is 0 Å². The van der Waals surface area contributed by atoms with Crippen LogP contribution in [-0.2, 0) is 24.1 Å². The van der Waals surface area contributed by atoms with Crippen LogP contribution in [0.25, 0.3) is 0 Å². The fourth-order valence-electron chi connectivity index (χ4n) is 2.86. The minimum atomic E-state index is -0.105. The number of carbonyl (C=O) groups excluding carboxylic acids is 1. The Kier molecular flexibility index (Phi) is 3.65. The fourth-order valence-corrected chi connectivity index (χ4v) is 2.86.